The summed E-state index contributed by atoms with van der Waals surface area (Å²) in [5, 5.41) is 6.04. The van der Waals surface area contributed by atoms with E-state index in [2.05, 4.69) is 10.4 Å². The standard InChI is InChI=1S/C13H13F2N3O/c1-8-3-4-9(2)10(7-8)17-12(19)11-5-6-16-18(11)13(14)15/h3-7,13H,1-2H3,(H,17,19). The van der Waals surface area contributed by atoms with Crippen molar-refractivity contribution in [3.8, 4) is 0 Å². The molecule has 1 aromatic carbocycles. The molecule has 6 heteroatoms. The molecule has 2 aromatic rings. The Balaban J connectivity index is 2.26. The van der Waals surface area contributed by atoms with Crippen LogP contribution in [0.15, 0.2) is 30.5 Å². The summed E-state index contributed by atoms with van der Waals surface area (Å²) >= 11 is 0. The Hall–Kier alpha value is -2.24. The predicted molar refractivity (Wildman–Crippen MR) is 67.3 cm³/mol. The van der Waals surface area contributed by atoms with E-state index in [1.165, 1.54) is 12.3 Å². The van der Waals surface area contributed by atoms with Gasteiger partial charge < -0.3 is 5.32 Å². The molecule has 0 spiro atoms. The van der Waals surface area contributed by atoms with Crippen molar-refractivity contribution >= 4 is 11.6 Å². The summed E-state index contributed by atoms with van der Waals surface area (Å²) in [6.07, 6.45) is 1.17. The number of carbonyl (C=O) groups excluding carboxylic acids is 1. The van der Waals surface area contributed by atoms with Gasteiger partial charge in [0.15, 0.2) is 0 Å². The van der Waals surface area contributed by atoms with Crippen LogP contribution in [0.1, 0.15) is 28.2 Å². The van der Waals surface area contributed by atoms with Crippen LogP contribution < -0.4 is 5.32 Å². The van der Waals surface area contributed by atoms with Gasteiger partial charge in [0.2, 0.25) is 0 Å². The second-order valence-corrected chi connectivity index (χ2v) is 4.21. The number of alkyl halides is 2. The normalized spacial score (nSPS) is 10.8. The smallest absolute Gasteiger partial charge is 0.320 e. The van der Waals surface area contributed by atoms with Gasteiger partial charge in [-0.25, -0.2) is 0 Å². The zero-order chi connectivity index (χ0) is 14.0. The lowest BCUT2D eigenvalue weighted by molar-refractivity contribution is 0.0520. The van der Waals surface area contributed by atoms with Crippen LogP contribution in [0.2, 0.25) is 0 Å². The molecular weight excluding hydrogens is 252 g/mol. The highest BCUT2D eigenvalue weighted by Gasteiger charge is 2.18. The number of hydrogen-bond acceptors (Lipinski definition) is 2. The minimum Gasteiger partial charge on any atom is -0.320 e. The van der Waals surface area contributed by atoms with Crippen LogP contribution in [0, 0.1) is 13.8 Å². The summed E-state index contributed by atoms with van der Waals surface area (Å²) in [5.74, 6) is -0.605. The van der Waals surface area contributed by atoms with Crippen molar-refractivity contribution in [1.82, 2.24) is 9.78 Å². The molecule has 0 aliphatic carbocycles. The van der Waals surface area contributed by atoms with Gasteiger partial charge in [0.1, 0.15) is 5.69 Å². The summed E-state index contributed by atoms with van der Waals surface area (Å²) in [5.41, 5.74) is 2.27. The molecule has 100 valence electrons. The highest BCUT2D eigenvalue weighted by Crippen LogP contribution is 2.18. The SMILES string of the molecule is Cc1ccc(C)c(NC(=O)c2ccnn2C(F)F)c1. The highest BCUT2D eigenvalue weighted by atomic mass is 19.3. The highest BCUT2D eigenvalue weighted by molar-refractivity contribution is 6.03. The third-order valence-electron chi connectivity index (χ3n) is 2.73. The van der Waals surface area contributed by atoms with Crippen LogP contribution in [0.25, 0.3) is 0 Å². The number of aryl methyl sites for hydroxylation is 2. The van der Waals surface area contributed by atoms with Gasteiger partial charge in [-0.15, -0.1) is 0 Å². The second-order valence-electron chi connectivity index (χ2n) is 4.21. The summed E-state index contributed by atoms with van der Waals surface area (Å²) in [6, 6.07) is 6.81. The summed E-state index contributed by atoms with van der Waals surface area (Å²) in [4.78, 5) is 12.0. The number of aromatic nitrogens is 2. The number of halogens is 2. The van der Waals surface area contributed by atoms with Crippen molar-refractivity contribution in [2.45, 2.75) is 20.4 Å². The van der Waals surface area contributed by atoms with Crippen molar-refractivity contribution in [2.24, 2.45) is 0 Å². The first-order valence-corrected chi connectivity index (χ1v) is 5.69. The van der Waals surface area contributed by atoms with Crippen molar-refractivity contribution in [1.29, 1.82) is 0 Å². The molecule has 0 atom stereocenters. The number of anilines is 1. The van der Waals surface area contributed by atoms with E-state index < -0.39 is 12.5 Å². The van der Waals surface area contributed by atoms with Gasteiger partial charge in [0, 0.05) is 11.9 Å². The maximum absolute atomic E-state index is 12.6. The van der Waals surface area contributed by atoms with Gasteiger partial charge in [-0.1, -0.05) is 12.1 Å². The summed E-state index contributed by atoms with van der Waals surface area (Å²) < 4.78 is 25.6. The Morgan fingerprint density at radius 2 is 2.05 bits per heavy atom. The molecule has 1 heterocycles. The fourth-order valence-electron chi connectivity index (χ4n) is 1.71. The topological polar surface area (TPSA) is 46.9 Å². The summed E-state index contributed by atoms with van der Waals surface area (Å²) in [6.45, 7) is 0.882. The van der Waals surface area contributed by atoms with Crippen molar-refractivity contribution in [3.05, 3.63) is 47.3 Å². The number of nitrogens with one attached hydrogen (secondary N) is 1. The zero-order valence-electron chi connectivity index (χ0n) is 10.5. The third kappa shape index (κ3) is 2.78. The largest absolute Gasteiger partial charge is 0.333 e. The number of rotatable bonds is 3. The van der Waals surface area contributed by atoms with E-state index in [-0.39, 0.29) is 5.69 Å². The van der Waals surface area contributed by atoms with Crippen LogP contribution in [0.3, 0.4) is 0 Å². The second kappa shape index (κ2) is 5.17. The fraction of sp³-hybridized carbons (Fsp3) is 0.231. The molecular formula is C13H13F2N3O. The van der Waals surface area contributed by atoms with E-state index in [1.54, 1.807) is 6.07 Å². The van der Waals surface area contributed by atoms with Crippen molar-refractivity contribution in [3.63, 3.8) is 0 Å². The van der Waals surface area contributed by atoms with E-state index in [0.29, 0.717) is 10.4 Å². The van der Waals surface area contributed by atoms with Gasteiger partial charge >= 0.3 is 6.55 Å². The number of nitrogens with zero attached hydrogens (tertiary/aromatic N) is 2. The first-order valence-electron chi connectivity index (χ1n) is 5.69. The zero-order valence-corrected chi connectivity index (χ0v) is 10.5. The van der Waals surface area contributed by atoms with Crippen molar-refractivity contribution in [2.75, 3.05) is 5.32 Å². The molecule has 0 unspecified atom stereocenters. The van der Waals surface area contributed by atoms with Gasteiger partial charge in [-0.05, 0) is 37.1 Å². The Morgan fingerprint density at radius 3 is 2.74 bits per heavy atom. The molecule has 2 rings (SSSR count). The minimum atomic E-state index is -2.84. The molecule has 0 aliphatic heterocycles. The van der Waals surface area contributed by atoms with E-state index in [1.807, 2.05) is 26.0 Å². The Kier molecular flexibility index (Phi) is 3.59. The van der Waals surface area contributed by atoms with E-state index in [4.69, 9.17) is 0 Å². The lowest BCUT2D eigenvalue weighted by atomic mass is 10.1. The Labute approximate surface area is 109 Å². The molecule has 19 heavy (non-hydrogen) atoms. The van der Waals surface area contributed by atoms with Crippen LogP contribution in [-0.4, -0.2) is 15.7 Å². The fourth-order valence-corrected chi connectivity index (χ4v) is 1.71. The van der Waals surface area contributed by atoms with Crippen molar-refractivity contribution < 1.29 is 13.6 Å². The van der Waals surface area contributed by atoms with Crippen LogP contribution >= 0.6 is 0 Å². The number of amides is 1. The maximum atomic E-state index is 12.6. The molecule has 0 aliphatic rings. The van der Waals surface area contributed by atoms with Gasteiger partial charge in [-0.3, -0.25) is 4.79 Å². The van der Waals surface area contributed by atoms with Gasteiger partial charge in [0.25, 0.3) is 5.91 Å². The van der Waals surface area contributed by atoms with E-state index in [0.717, 1.165) is 11.1 Å². The Morgan fingerprint density at radius 1 is 1.32 bits per heavy atom. The number of benzene rings is 1. The first kappa shape index (κ1) is 13.2. The molecule has 0 bridgehead atoms. The molecule has 0 radical (unpaired) electrons. The van der Waals surface area contributed by atoms with Gasteiger partial charge in [-0.2, -0.15) is 18.6 Å². The first-order chi connectivity index (χ1) is 8.99. The lowest BCUT2D eigenvalue weighted by Crippen LogP contribution is -2.18. The molecule has 1 amide bonds. The lowest BCUT2D eigenvalue weighted by Gasteiger charge is -2.10. The van der Waals surface area contributed by atoms with Crippen LogP contribution in [-0.2, 0) is 0 Å². The average Bonchev–Trinajstić information content (AvgIpc) is 2.83. The Bertz CT molecular complexity index is 608. The quantitative estimate of drug-likeness (QED) is 0.926. The number of hydrogen-bond donors (Lipinski definition) is 1. The monoisotopic (exact) mass is 265 g/mol. The average molecular weight is 265 g/mol. The van der Waals surface area contributed by atoms with E-state index >= 15 is 0 Å². The third-order valence-corrected chi connectivity index (χ3v) is 2.73. The molecule has 0 saturated heterocycles. The molecule has 1 aromatic heterocycles. The molecule has 0 fully saturated rings. The number of carbonyl (C=O) groups is 1. The molecule has 4 nitrogen and oxygen atoms in total. The molecule has 0 saturated carbocycles. The predicted octanol–water partition coefficient (Wildman–Crippen LogP) is 3.15. The van der Waals surface area contributed by atoms with Crippen LogP contribution in [0.4, 0.5) is 14.5 Å². The molecule has 1 N–H and O–H groups in total. The van der Waals surface area contributed by atoms with Gasteiger partial charge in [0.05, 0.1) is 0 Å². The summed E-state index contributed by atoms with van der Waals surface area (Å²) in [7, 11) is 0. The minimum absolute atomic E-state index is 0.170. The maximum Gasteiger partial charge on any atom is 0.333 e. The van der Waals surface area contributed by atoms with Crippen LogP contribution in [0.5, 0.6) is 0 Å². The van der Waals surface area contributed by atoms with E-state index in [9.17, 15) is 13.6 Å².